The van der Waals surface area contributed by atoms with E-state index in [1.165, 1.54) is 156 Å². The highest BCUT2D eigenvalue weighted by atomic mass is 32.1. The van der Waals surface area contributed by atoms with Gasteiger partial charge >= 0.3 is 0 Å². The van der Waals surface area contributed by atoms with Crippen LogP contribution in [0.25, 0.3) is 251 Å². The molecule has 0 aliphatic rings. The molecule has 0 bridgehead atoms. The van der Waals surface area contributed by atoms with Crippen molar-refractivity contribution in [1.29, 1.82) is 0 Å². The molecule has 0 N–H and O–H groups in total. The average Bonchev–Trinajstić information content (AvgIpc) is 1.66. The number of hydrogen-bond acceptors (Lipinski definition) is 7. The number of benzene rings is 17. The number of aromatic nitrogens is 10. The molecule has 0 spiro atoms. The lowest BCUT2D eigenvalue weighted by molar-refractivity contribution is 1.16. The Labute approximate surface area is 718 Å². The third-order valence-corrected chi connectivity index (χ3v) is 26.7. The van der Waals surface area contributed by atoms with Gasteiger partial charge in [-0.1, -0.05) is 267 Å². The first kappa shape index (κ1) is 70.3. The van der Waals surface area contributed by atoms with Crippen LogP contribution in [0.3, 0.4) is 0 Å². The van der Waals surface area contributed by atoms with Gasteiger partial charge < -0.3 is 4.57 Å². The first-order valence-corrected chi connectivity index (χ1v) is 43.1. The number of hydrogen-bond donors (Lipinski definition) is 0. The van der Waals surface area contributed by atoms with Crippen molar-refractivity contribution >= 4 is 200 Å². The zero-order chi connectivity index (χ0) is 81.9. The number of rotatable bonds is 6. The maximum atomic E-state index is 5.12. The van der Waals surface area contributed by atoms with Crippen LogP contribution in [0.5, 0.6) is 0 Å². The van der Waals surface area contributed by atoms with Crippen molar-refractivity contribution in [3.05, 3.63) is 413 Å². The summed E-state index contributed by atoms with van der Waals surface area (Å²) >= 11 is 1.85. The van der Waals surface area contributed by atoms with Gasteiger partial charge in [0, 0.05) is 128 Å². The van der Waals surface area contributed by atoms with Gasteiger partial charge in [-0.2, -0.15) is 0 Å². The van der Waals surface area contributed by atoms with Crippen molar-refractivity contribution in [3.63, 3.8) is 0 Å². The summed E-state index contributed by atoms with van der Waals surface area (Å²) in [6.45, 7) is 0. The van der Waals surface area contributed by atoms with Crippen LogP contribution < -0.4 is 0 Å². The van der Waals surface area contributed by atoms with E-state index in [1.54, 1.807) is 0 Å². The lowest BCUT2D eigenvalue weighted by Gasteiger charge is -2.13. The Morgan fingerprint density at radius 2 is 0.608 bits per heavy atom. The smallest absolute Gasteiger partial charge is 0.137 e. The Balaban J connectivity index is 0.000000100. The van der Waals surface area contributed by atoms with Crippen LogP contribution in [0.1, 0.15) is 0 Å². The molecule has 0 radical (unpaired) electrons. The maximum absolute atomic E-state index is 5.12. The van der Waals surface area contributed by atoms with Gasteiger partial charge in [0.05, 0.1) is 61.2 Å². The quantitative estimate of drug-likeness (QED) is 0.154. The van der Waals surface area contributed by atoms with Crippen LogP contribution in [-0.2, 0) is 0 Å². The number of pyridine rings is 6. The van der Waals surface area contributed by atoms with E-state index in [1.807, 2.05) is 42.1 Å². The van der Waals surface area contributed by atoms with Gasteiger partial charge in [0.1, 0.15) is 16.9 Å². The number of para-hydroxylation sites is 2. The van der Waals surface area contributed by atoms with E-state index in [0.29, 0.717) is 0 Å². The van der Waals surface area contributed by atoms with Gasteiger partial charge in [0.2, 0.25) is 0 Å². The Hall–Kier alpha value is -16.6. The van der Waals surface area contributed by atoms with Crippen molar-refractivity contribution in [1.82, 2.24) is 47.7 Å². The Morgan fingerprint density at radius 3 is 1.11 bits per heavy atom. The van der Waals surface area contributed by atoms with E-state index in [0.717, 1.165) is 95.1 Å². The molecular formula is C114H68N10S. The van der Waals surface area contributed by atoms with Crippen molar-refractivity contribution in [2.75, 3.05) is 0 Å². The molecule has 580 valence electrons. The molecule has 0 amide bonds. The molecule has 125 heavy (non-hydrogen) atoms. The molecular weight excluding hydrogens is 1540 g/mol. The predicted octanol–water partition coefficient (Wildman–Crippen LogP) is 29.8. The first-order chi connectivity index (χ1) is 62.0. The highest BCUT2D eigenvalue weighted by Gasteiger charge is 2.23. The van der Waals surface area contributed by atoms with E-state index in [9.17, 15) is 0 Å². The highest BCUT2D eigenvalue weighted by molar-refractivity contribution is 7.25. The van der Waals surface area contributed by atoms with E-state index < -0.39 is 0 Å². The van der Waals surface area contributed by atoms with E-state index >= 15 is 0 Å². The second-order valence-corrected chi connectivity index (χ2v) is 33.5. The molecule has 0 aliphatic heterocycles. The molecule has 0 atom stereocenters. The maximum Gasteiger partial charge on any atom is 0.137 e. The SMILES string of the molecule is c1ccc(-c2ccc(-c3ccc4c(c3)c3c5ccccc5ccc3c3nc5ccccn5c43)nc2)cc1.c1ccc2c(c1)ccc1c3nc4ccccn4c3c3ccc(-c4cc(-c5ccc6c(c5)sc5ccccc56)ccn4)cc3c21.c1ccc2c(c1)ccc1c3nc4ccccn4c3c3ccc(-c4cc(-n5c6ccccc6c6ccccc65)ccn4)cc3c21. The number of imidazole rings is 3. The molecule has 0 unspecified atom stereocenters. The summed E-state index contributed by atoms with van der Waals surface area (Å²) in [5.41, 5.74) is 23.7. The van der Waals surface area contributed by atoms with Gasteiger partial charge in [-0.15, -0.1) is 11.3 Å². The van der Waals surface area contributed by atoms with Crippen molar-refractivity contribution in [2.45, 2.75) is 0 Å². The van der Waals surface area contributed by atoms with Crippen LogP contribution in [-0.4, -0.2) is 47.7 Å². The third-order valence-electron chi connectivity index (χ3n) is 25.6. The average molecular weight is 1610 g/mol. The summed E-state index contributed by atoms with van der Waals surface area (Å²) in [5, 5.41) is 27.0. The topological polar surface area (TPSA) is 95.5 Å². The van der Waals surface area contributed by atoms with Gasteiger partial charge in [0.15, 0.2) is 0 Å². The second kappa shape index (κ2) is 28.0. The summed E-state index contributed by atoms with van der Waals surface area (Å²) in [4.78, 5) is 29.9. The summed E-state index contributed by atoms with van der Waals surface area (Å²) in [7, 11) is 0. The lowest BCUT2D eigenvalue weighted by atomic mass is 9.93. The Bertz CT molecular complexity index is 9350. The summed E-state index contributed by atoms with van der Waals surface area (Å²) in [6, 6.07) is 134. The second-order valence-electron chi connectivity index (χ2n) is 32.4. The Morgan fingerprint density at radius 1 is 0.216 bits per heavy atom. The summed E-state index contributed by atoms with van der Waals surface area (Å²) in [6.07, 6.45) is 12.2. The van der Waals surface area contributed by atoms with Crippen LogP contribution >= 0.6 is 11.3 Å². The van der Waals surface area contributed by atoms with E-state index in [4.69, 9.17) is 29.9 Å². The van der Waals surface area contributed by atoms with Crippen LogP contribution in [0.15, 0.2) is 413 Å². The summed E-state index contributed by atoms with van der Waals surface area (Å²) < 4.78 is 11.6. The molecule has 0 fully saturated rings. The van der Waals surface area contributed by atoms with E-state index in [-0.39, 0.29) is 0 Å². The molecule has 0 saturated heterocycles. The van der Waals surface area contributed by atoms with Crippen molar-refractivity contribution in [2.24, 2.45) is 0 Å². The standard InChI is InChI=1S/C40H24N4.C40H23N3S.C34H21N3/c1-2-10-28-25(9-1)16-19-32-38(28)33-23-26(17-18-31(33)40-39(32)42-37-15-7-8-22-43(37)40)34-24-27(20-21-41-34)44-35-13-5-3-11-29(35)30-12-4-6-14-36(30)44;1-2-8-28-24(7-1)12-17-32-38(28)33-21-27(14-16-31(33)40-39(32)42-37-11-5-6-20-43(37)40)34-22-26(18-19-41-34)25-13-15-30-29-9-3-4-10-35(29)44-36(30)23-25;1-2-8-22(9-3-1)25-15-18-30(35-21-25)24-14-16-27-29(20-24)32-26-11-5-4-10-23(26)13-17-28(32)33-34(27)37-19-7-6-12-31(37)36-33/h1-24H;1-23H;1-21H. The van der Waals surface area contributed by atoms with Crippen LogP contribution in [0, 0.1) is 0 Å². The molecule has 11 aromatic heterocycles. The minimum Gasteiger partial charge on any atom is -0.309 e. The van der Waals surface area contributed by atoms with Crippen LogP contribution in [0.2, 0.25) is 0 Å². The number of nitrogens with zero attached hydrogens (tertiary/aromatic N) is 10. The fraction of sp³-hybridized carbons (Fsp3) is 0. The molecule has 10 nitrogen and oxygen atoms in total. The van der Waals surface area contributed by atoms with Gasteiger partial charge in [-0.05, 0) is 191 Å². The van der Waals surface area contributed by atoms with E-state index in [2.05, 4.69) is 400 Å². The minimum atomic E-state index is 0.942. The lowest BCUT2D eigenvalue weighted by Crippen LogP contribution is -1.95. The fourth-order valence-electron chi connectivity index (χ4n) is 19.9. The van der Waals surface area contributed by atoms with Crippen LogP contribution in [0.4, 0.5) is 0 Å². The van der Waals surface area contributed by atoms with Gasteiger partial charge in [0.25, 0.3) is 0 Å². The molecule has 17 aromatic carbocycles. The monoisotopic (exact) mass is 1610 g/mol. The fourth-order valence-corrected chi connectivity index (χ4v) is 21.1. The summed E-state index contributed by atoms with van der Waals surface area (Å²) in [5.74, 6) is 0. The Kier molecular flexibility index (Phi) is 15.7. The highest BCUT2D eigenvalue weighted by Crippen LogP contribution is 2.47. The van der Waals surface area contributed by atoms with Crippen molar-refractivity contribution < 1.29 is 0 Å². The minimum absolute atomic E-state index is 0.942. The molecule has 28 aromatic rings. The van der Waals surface area contributed by atoms with Crippen molar-refractivity contribution in [3.8, 4) is 61.7 Å². The molecule has 11 heterocycles. The molecule has 28 rings (SSSR count). The van der Waals surface area contributed by atoms with Gasteiger partial charge in [-0.3, -0.25) is 28.2 Å². The molecule has 0 saturated carbocycles. The largest absolute Gasteiger partial charge is 0.309 e. The first-order valence-electron chi connectivity index (χ1n) is 42.3. The van der Waals surface area contributed by atoms with Gasteiger partial charge in [-0.25, -0.2) is 15.0 Å². The normalized spacial score (nSPS) is 12.0. The zero-order valence-corrected chi connectivity index (χ0v) is 68.0. The zero-order valence-electron chi connectivity index (χ0n) is 67.1. The predicted molar refractivity (Wildman–Crippen MR) is 523 cm³/mol. The number of thiophene rings is 1. The molecule has 0 aliphatic carbocycles. The molecule has 11 heteroatoms. The number of fused-ring (bicyclic) bond motifs is 36. The third kappa shape index (κ3) is 11.1.